The molecule has 3 nitrogen and oxygen atoms in total. The fraction of sp³-hybridized carbons (Fsp3) is 0.364. The molecule has 0 saturated carbocycles. The molecule has 0 aromatic heterocycles. The summed E-state index contributed by atoms with van der Waals surface area (Å²) in [5, 5.41) is 9.66. The predicted octanol–water partition coefficient (Wildman–Crippen LogP) is 1.27. The smallest absolute Gasteiger partial charge is 0.276 e. The molecule has 0 aliphatic carbocycles. The van der Waals surface area contributed by atoms with Crippen LogP contribution in [0.4, 0.5) is 8.78 Å². The zero-order valence-corrected chi connectivity index (χ0v) is 8.73. The first-order valence-electron chi connectivity index (χ1n) is 4.76. The number of nitrogens with two attached hydrogens (primary N) is 1. The summed E-state index contributed by atoms with van der Waals surface area (Å²) in [6.07, 6.45) is -3.22. The second-order valence-corrected chi connectivity index (χ2v) is 3.62. The maximum Gasteiger partial charge on any atom is 0.276 e. The minimum Gasteiger partial charge on any atom is -0.375 e. The van der Waals surface area contributed by atoms with Gasteiger partial charge in [-0.05, 0) is 5.56 Å². The summed E-state index contributed by atoms with van der Waals surface area (Å²) in [6, 6.07) is 8.10. The number of rotatable bonds is 4. The van der Waals surface area contributed by atoms with Gasteiger partial charge in [0, 0.05) is 5.92 Å². The van der Waals surface area contributed by atoms with Gasteiger partial charge in [-0.25, -0.2) is 8.78 Å². The first-order valence-corrected chi connectivity index (χ1v) is 4.76. The summed E-state index contributed by atoms with van der Waals surface area (Å²) in [7, 11) is 0. The Balaban J connectivity index is 3.11. The Morgan fingerprint density at radius 3 is 2.25 bits per heavy atom. The van der Waals surface area contributed by atoms with Gasteiger partial charge in [-0.1, -0.05) is 37.3 Å². The molecule has 2 unspecified atom stereocenters. The third-order valence-corrected chi connectivity index (χ3v) is 2.69. The van der Waals surface area contributed by atoms with Gasteiger partial charge in [0.2, 0.25) is 5.60 Å². The van der Waals surface area contributed by atoms with Crippen LogP contribution in [0.25, 0.3) is 0 Å². The number of alkyl halides is 2. The van der Waals surface area contributed by atoms with Gasteiger partial charge in [-0.15, -0.1) is 0 Å². The largest absolute Gasteiger partial charge is 0.375 e. The molecule has 3 N–H and O–H groups in total. The number of carbonyl (C=O) groups excluding carboxylic acids is 1. The zero-order chi connectivity index (χ0) is 12.3. The molecule has 1 aromatic rings. The lowest BCUT2D eigenvalue weighted by molar-refractivity contribution is -0.158. The van der Waals surface area contributed by atoms with E-state index in [4.69, 9.17) is 5.73 Å². The highest BCUT2D eigenvalue weighted by Crippen LogP contribution is 2.32. The van der Waals surface area contributed by atoms with E-state index in [0.29, 0.717) is 5.56 Å². The van der Waals surface area contributed by atoms with Crippen LogP contribution < -0.4 is 5.73 Å². The lowest BCUT2D eigenvalue weighted by Crippen LogP contribution is -2.53. The lowest BCUT2D eigenvalue weighted by Gasteiger charge is -2.30. The Hall–Kier alpha value is -1.49. The second kappa shape index (κ2) is 4.57. The molecule has 0 fully saturated rings. The Morgan fingerprint density at radius 1 is 1.38 bits per heavy atom. The number of benzene rings is 1. The van der Waals surface area contributed by atoms with Crippen molar-refractivity contribution in [2.75, 3.05) is 0 Å². The van der Waals surface area contributed by atoms with E-state index in [-0.39, 0.29) is 0 Å². The molecule has 0 heterocycles. The fourth-order valence-electron chi connectivity index (χ4n) is 1.51. The molecule has 1 aromatic carbocycles. The van der Waals surface area contributed by atoms with E-state index < -0.39 is 23.9 Å². The van der Waals surface area contributed by atoms with Crippen molar-refractivity contribution in [1.29, 1.82) is 0 Å². The molecule has 5 heteroatoms. The van der Waals surface area contributed by atoms with E-state index in [1.165, 1.54) is 6.92 Å². The van der Waals surface area contributed by atoms with Gasteiger partial charge in [0.15, 0.2) is 0 Å². The number of carbonyl (C=O) groups is 1. The Morgan fingerprint density at radius 2 is 1.88 bits per heavy atom. The summed E-state index contributed by atoms with van der Waals surface area (Å²) >= 11 is 0. The highest BCUT2D eigenvalue weighted by atomic mass is 19.3. The van der Waals surface area contributed by atoms with Crippen molar-refractivity contribution >= 4 is 5.91 Å². The SMILES string of the molecule is CC(c1ccccc1)C(O)(C(N)=O)C(F)F. The molecule has 2 atom stereocenters. The number of hydrogen-bond donors (Lipinski definition) is 2. The molecule has 0 aliphatic rings. The van der Waals surface area contributed by atoms with E-state index in [1.54, 1.807) is 30.3 Å². The van der Waals surface area contributed by atoms with Crippen LogP contribution in [-0.2, 0) is 4.79 Å². The van der Waals surface area contributed by atoms with Crippen LogP contribution in [0.5, 0.6) is 0 Å². The van der Waals surface area contributed by atoms with Gasteiger partial charge >= 0.3 is 0 Å². The quantitative estimate of drug-likeness (QED) is 0.816. The number of primary amides is 1. The van der Waals surface area contributed by atoms with Crippen molar-refractivity contribution in [3.05, 3.63) is 35.9 Å². The minimum absolute atomic E-state index is 0.434. The molecular weight excluding hydrogens is 216 g/mol. The van der Waals surface area contributed by atoms with Crippen molar-refractivity contribution in [2.45, 2.75) is 24.9 Å². The topological polar surface area (TPSA) is 63.3 Å². The molecule has 88 valence electrons. The van der Waals surface area contributed by atoms with Crippen molar-refractivity contribution < 1.29 is 18.7 Å². The summed E-state index contributed by atoms with van der Waals surface area (Å²) in [5.41, 5.74) is 2.44. The summed E-state index contributed by atoms with van der Waals surface area (Å²) < 4.78 is 25.4. The molecular formula is C11H13F2NO2. The van der Waals surface area contributed by atoms with Crippen LogP contribution in [0.3, 0.4) is 0 Å². The van der Waals surface area contributed by atoms with Crippen molar-refractivity contribution in [3.63, 3.8) is 0 Å². The molecule has 0 radical (unpaired) electrons. The highest BCUT2D eigenvalue weighted by molar-refractivity contribution is 5.85. The number of halogens is 2. The summed E-state index contributed by atoms with van der Waals surface area (Å²) in [4.78, 5) is 11.0. The molecule has 0 saturated heterocycles. The number of amides is 1. The fourth-order valence-corrected chi connectivity index (χ4v) is 1.51. The minimum atomic E-state index is -3.22. The molecule has 16 heavy (non-hydrogen) atoms. The summed E-state index contributed by atoms with van der Waals surface area (Å²) in [5.74, 6) is -2.48. The van der Waals surface area contributed by atoms with Crippen LogP contribution in [0.2, 0.25) is 0 Å². The molecule has 1 rings (SSSR count). The zero-order valence-electron chi connectivity index (χ0n) is 8.73. The maximum atomic E-state index is 12.7. The van der Waals surface area contributed by atoms with Crippen molar-refractivity contribution in [2.24, 2.45) is 5.73 Å². The van der Waals surface area contributed by atoms with E-state index in [2.05, 4.69) is 0 Å². The van der Waals surface area contributed by atoms with Crippen LogP contribution >= 0.6 is 0 Å². The van der Waals surface area contributed by atoms with Gasteiger partial charge in [0.25, 0.3) is 12.3 Å². The van der Waals surface area contributed by atoms with E-state index in [9.17, 15) is 18.7 Å². The van der Waals surface area contributed by atoms with Gasteiger partial charge in [0.1, 0.15) is 0 Å². The van der Waals surface area contributed by atoms with Gasteiger partial charge in [-0.3, -0.25) is 4.79 Å². The second-order valence-electron chi connectivity index (χ2n) is 3.62. The van der Waals surface area contributed by atoms with E-state index in [0.717, 1.165) is 0 Å². The third-order valence-electron chi connectivity index (χ3n) is 2.69. The molecule has 0 spiro atoms. The summed E-state index contributed by atoms with van der Waals surface area (Å²) in [6.45, 7) is 1.34. The first kappa shape index (κ1) is 12.6. The van der Waals surface area contributed by atoms with E-state index >= 15 is 0 Å². The average Bonchev–Trinajstić information content (AvgIpc) is 2.27. The lowest BCUT2D eigenvalue weighted by atomic mass is 9.83. The average molecular weight is 229 g/mol. The third kappa shape index (κ3) is 2.04. The van der Waals surface area contributed by atoms with E-state index in [1.807, 2.05) is 0 Å². The van der Waals surface area contributed by atoms with Gasteiger partial charge in [0.05, 0.1) is 0 Å². The Labute approximate surface area is 91.9 Å². The predicted molar refractivity (Wildman–Crippen MR) is 55.0 cm³/mol. The van der Waals surface area contributed by atoms with Gasteiger partial charge in [-0.2, -0.15) is 0 Å². The monoisotopic (exact) mass is 229 g/mol. The number of hydrogen-bond acceptors (Lipinski definition) is 2. The highest BCUT2D eigenvalue weighted by Gasteiger charge is 2.49. The Kier molecular flexibility index (Phi) is 3.59. The first-order chi connectivity index (χ1) is 7.40. The molecule has 1 amide bonds. The van der Waals surface area contributed by atoms with Crippen molar-refractivity contribution in [1.82, 2.24) is 0 Å². The van der Waals surface area contributed by atoms with Crippen LogP contribution in [0.1, 0.15) is 18.4 Å². The van der Waals surface area contributed by atoms with Crippen LogP contribution in [0.15, 0.2) is 30.3 Å². The number of aliphatic hydroxyl groups is 1. The maximum absolute atomic E-state index is 12.7. The van der Waals surface area contributed by atoms with Crippen LogP contribution in [0, 0.1) is 0 Å². The standard InChI is InChI=1S/C11H13F2NO2/c1-7(8-5-3-2-4-6-8)11(16,9(12)13)10(14)15/h2-7,9,16H,1H3,(H2,14,15). The van der Waals surface area contributed by atoms with Crippen LogP contribution in [-0.4, -0.2) is 23.0 Å². The molecule has 0 aliphatic heterocycles. The van der Waals surface area contributed by atoms with Crippen molar-refractivity contribution in [3.8, 4) is 0 Å². The normalized spacial score (nSPS) is 16.8. The molecule has 0 bridgehead atoms. The Bertz CT molecular complexity index is 370. The van der Waals surface area contributed by atoms with Gasteiger partial charge < -0.3 is 10.8 Å².